The maximum absolute atomic E-state index is 13.6. The molecule has 1 rings (SSSR count). The van der Waals surface area contributed by atoms with E-state index < -0.39 is 17.6 Å². The fraction of sp³-hybridized carbons (Fsp3) is 0.385. The van der Waals surface area contributed by atoms with E-state index >= 15 is 0 Å². The van der Waals surface area contributed by atoms with E-state index in [2.05, 4.69) is 14.3 Å². The number of hydrogen-bond donors (Lipinski definition) is 0. The number of carbonyl (C=O) groups excluding carboxylic acids is 1. The summed E-state index contributed by atoms with van der Waals surface area (Å²) in [5.74, 6) is -2.66. The molecule has 0 N–H and O–H groups in total. The Labute approximate surface area is 107 Å². The molecule has 0 heterocycles. The van der Waals surface area contributed by atoms with Gasteiger partial charge in [0.2, 0.25) is 0 Å². The van der Waals surface area contributed by atoms with Crippen molar-refractivity contribution in [3.05, 3.63) is 29.3 Å². The summed E-state index contributed by atoms with van der Waals surface area (Å²) < 4.78 is 32.0. The molecule has 0 fully saturated rings. The standard InChI is InChI=1S/C13H13F2O2P/c1-3-17-13-11(14)5-9(6-12(13)15)4-10(7-18)8(2)16/h5-6,10H,3-4H2,1-2H3. The van der Waals surface area contributed by atoms with Gasteiger partial charge in [0.1, 0.15) is 0 Å². The van der Waals surface area contributed by atoms with Gasteiger partial charge in [-0.25, -0.2) is 0 Å². The van der Waals surface area contributed by atoms with E-state index in [1.807, 2.05) is 0 Å². The summed E-state index contributed by atoms with van der Waals surface area (Å²) in [6, 6.07) is 2.32. The number of halogens is 2. The molecule has 0 aliphatic rings. The number of Topliss-reactive ketones (excluding diaryl/α,β-unsaturated/α-hetero) is 1. The van der Waals surface area contributed by atoms with Crippen LogP contribution >= 0.6 is 8.70 Å². The topological polar surface area (TPSA) is 26.3 Å². The summed E-state index contributed by atoms with van der Waals surface area (Å²) in [6.45, 7) is 3.21. The zero-order valence-electron chi connectivity index (χ0n) is 10.2. The van der Waals surface area contributed by atoms with Crippen LogP contribution in [0.3, 0.4) is 0 Å². The molecule has 2 nitrogen and oxygen atoms in total. The van der Waals surface area contributed by atoms with Crippen LogP contribution in [0.25, 0.3) is 0 Å². The first-order chi connectivity index (χ1) is 8.49. The van der Waals surface area contributed by atoms with Crippen molar-refractivity contribution in [1.82, 2.24) is 0 Å². The number of ether oxygens (including phenoxy) is 1. The Morgan fingerprint density at radius 3 is 2.39 bits per heavy atom. The molecule has 0 bridgehead atoms. The molecule has 1 unspecified atom stereocenters. The van der Waals surface area contributed by atoms with Crippen LogP contribution in [-0.4, -0.2) is 12.4 Å². The van der Waals surface area contributed by atoms with Crippen molar-refractivity contribution in [1.29, 1.82) is 0 Å². The second kappa shape index (κ2) is 6.63. The Balaban J connectivity index is 3.00. The fourth-order valence-corrected chi connectivity index (χ4v) is 1.80. The summed E-state index contributed by atoms with van der Waals surface area (Å²) in [6.07, 6.45) is 0.166. The number of ketones is 1. The van der Waals surface area contributed by atoms with Gasteiger partial charge < -0.3 is 0 Å². The van der Waals surface area contributed by atoms with Gasteiger partial charge in [-0.2, -0.15) is 0 Å². The van der Waals surface area contributed by atoms with Gasteiger partial charge >= 0.3 is 106 Å². The Hall–Kier alpha value is -1.24. The van der Waals surface area contributed by atoms with E-state index in [0.717, 1.165) is 12.1 Å². The van der Waals surface area contributed by atoms with Gasteiger partial charge in [0, 0.05) is 0 Å². The molecule has 0 aliphatic carbocycles. The predicted octanol–water partition coefficient (Wildman–Crippen LogP) is 3.48. The second-order valence-corrected chi connectivity index (χ2v) is 4.08. The van der Waals surface area contributed by atoms with Crippen molar-refractivity contribution in [2.45, 2.75) is 20.3 Å². The third kappa shape index (κ3) is 3.63. The van der Waals surface area contributed by atoms with Gasteiger partial charge in [-0.3, -0.25) is 0 Å². The van der Waals surface area contributed by atoms with E-state index in [-0.39, 0.29) is 24.6 Å². The monoisotopic (exact) mass is 270 g/mol. The van der Waals surface area contributed by atoms with Crippen LogP contribution in [0.2, 0.25) is 0 Å². The molecule has 0 aliphatic heterocycles. The first-order valence-electron chi connectivity index (χ1n) is 5.50. The van der Waals surface area contributed by atoms with E-state index in [9.17, 15) is 13.6 Å². The third-order valence-electron chi connectivity index (χ3n) is 2.43. The fourth-order valence-electron chi connectivity index (χ4n) is 1.53. The molecule has 1 atom stereocenters. The molecule has 1 aromatic carbocycles. The number of benzene rings is 1. The van der Waals surface area contributed by atoms with E-state index in [0.29, 0.717) is 5.56 Å². The van der Waals surface area contributed by atoms with Gasteiger partial charge in [-0.15, -0.1) is 0 Å². The minimum atomic E-state index is -0.770. The molecular weight excluding hydrogens is 257 g/mol. The van der Waals surface area contributed by atoms with Crippen molar-refractivity contribution < 1.29 is 18.3 Å². The average molecular weight is 270 g/mol. The molecule has 0 radical (unpaired) electrons. The van der Waals surface area contributed by atoms with Crippen LogP contribution in [-0.2, 0) is 11.2 Å². The second-order valence-electron chi connectivity index (χ2n) is 3.82. The van der Waals surface area contributed by atoms with Crippen LogP contribution in [0, 0.1) is 23.2 Å². The number of carbonyl (C=O) groups is 1. The molecule has 18 heavy (non-hydrogen) atoms. The summed E-state index contributed by atoms with van der Waals surface area (Å²) in [5.41, 5.74) is 2.87. The maximum atomic E-state index is 13.6. The Bertz CT molecular complexity index is 471. The Kier molecular flexibility index (Phi) is 5.46. The van der Waals surface area contributed by atoms with Crippen LogP contribution < -0.4 is 4.74 Å². The van der Waals surface area contributed by atoms with Gasteiger partial charge in [0.15, 0.2) is 0 Å². The van der Waals surface area contributed by atoms with Gasteiger partial charge in [0.05, 0.1) is 0 Å². The van der Waals surface area contributed by atoms with Crippen LogP contribution in [0.15, 0.2) is 12.1 Å². The molecule has 0 saturated carbocycles. The zero-order valence-corrected chi connectivity index (χ0v) is 11.1. The predicted molar refractivity (Wildman–Crippen MR) is 66.2 cm³/mol. The van der Waals surface area contributed by atoms with Gasteiger partial charge in [-0.1, -0.05) is 0 Å². The van der Waals surface area contributed by atoms with Crippen molar-refractivity contribution in [2.24, 2.45) is 5.92 Å². The van der Waals surface area contributed by atoms with E-state index in [4.69, 9.17) is 4.74 Å². The minimum absolute atomic E-state index is 0.153. The van der Waals surface area contributed by atoms with Crippen molar-refractivity contribution in [3.63, 3.8) is 0 Å². The first-order valence-corrected chi connectivity index (χ1v) is 5.95. The quantitative estimate of drug-likeness (QED) is 0.766. The zero-order chi connectivity index (χ0) is 13.7. The average Bonchev–Trinajstić information content (AvgIpc) is 2.30. The van der Waals surface area contributed by atoms with Gasteiger partial charge in [0.25, 0.3) is 0 Å². The molecule has 96 valence electrons. The van der Waals surface area contributed by atoms with Crippen molar-refractivity contribution in [3.8, 4) is 11.4 Å². The number of rotatable bonds is 5. The third-order valence-corrected chi connectivity index (χ3v) is 2.74. The first kappa shape index (κ1) is 14.8. The Morgan fingerprint density at radius 1 is 1.44 bits per heavy atom. The number of hydrogen-bond acceptors (Lipinski definition) is 2. The summed E-state index contributed by atoms with van der Waals surface area (Å²) in [4.78, 5) is 11.2. The van der Waals surface area contributed by atoms with Crippen LogP contribution in [0.1, 0.15) is 19.4 Å². The normalized spacial score (nSPS) is 11.7. The summed E-state index contributed by atoms with van der Waals surface area (Å²) >= 11 is 0. The molecule has 0 amide bonds. The molecule has 0 saturated heterocycles. The van der Waals surface area contributed by atoms with Crippen molar-refractivity contribution >= 4 is 14.5 Å². The molecule has 0 spiro atoms. The molecule has 1 aromatic rings. The molecular formula is C13H13F2O2P. The van der Waals surface area contributed by atoms with E-state index in [1.165, 1.54) is 6.92 Å². The van der Waals surface area contributed by atoms with Crippen LogP contribution in [0.4, 0.5) is 8.78 Å². The summed E-state index contributed by atoms with van der Waals surface area (Å²) in [7, 11) is 3.81. The SMILES string of the molecule is CCOc1c(F)cc(CC(C#P)C(C)=O)cc1F. The van der Waals surface area contributed by atoms with E-state index in [1.54, 1.807) is 6.92 Å². The Morgan fingerprint density at radius 2 is 2.00 bits per heavy atom. The van der Waals surface area contributed by atoms with Crippen molar-refractivity contribution in [2.75, 3.05) is 6.61 Å². The molecule has 0 aromatic heterocycles. The molecule has 5 heteroatoms. The van der Waals surface area contributed by atoms with Gasteiger partial charge in [-0.05, 0) is 0 Å². The van der Waals surface area contributed by atoms with Crippen LogP contribution in [0.5, 0.6) is 5.75 Å². The summed E-state index contributed by atoms with van der Waals surface area (Å²) in [5, 5.41) is 0.